The first-order chi connectivity index (χ1) is 10.2. The topological polar surface area (TPSA) is 58.6 Å². The van der Waals surface area contributed by atoms with Gasteiger partial charge in [0.1, 0.15) is 5.82 Å². The third-order valence-electron chi connectivity index (χ3n) is 3.69. The fraction of sp³-hybridized carbons (Fsp3) is 0.188. The van der Waals surface area contributed by atoms with Crippen LogP contribution in [0.2, 0.25) is 0 Å². The summed E-state index contributed by atoms with van der Waals surface area (Å²) in [6.07, 6.45) is 0. The predicted molar refractivity (Wildman–Crippen MR) is 85.3 cm³/mol. The van der Waals surface area contributed by atoms with Crippen molar-refractivity contribution in [2.75, 3.05) is 0 Å². The molecule has 4 nitrogen and oxygen atoms in total. The summed E-state index contributed by atoms with van der Waals surface area (Å²) in [7, 11) is 0. The summed E-state index contributed by atoms with van der Waals surface area (Å²) in [5.74, 6) is 2.21. The molecule has 104 valence electrons. The average Bonchev–Trinajstić information content (AvgIpc) is 2.95. The van der Waals surface area contributed by atoms with Crippen LogP contribution >= 0.6 is 11.8 Å². The number of hydrogen-bond donors (Lipinski definition) is 1. The molecular weight excluding hydrogens is 282 g/mol. The largest absolute Gasteiger partial charge is 0.306 e. The van der Waals surface area contributed by atoms with Gasteiger partial charge < -0.3 is 4.98 Å². The molecule has 3 aromatic rings. The van der Waals surface area contributed by atoms with E-state index in [1.165, 1.54) is 0 Å². The van der Waals surface area contributed by atoms with Crippen LogP contribution < -0.4 is 5.56 Å². The maximum atomic E-state index is 12.2. The van der Waals surface area contributed by atoms with Gasteiger partial charge in [-0.05, 0) is 19.1 Å². The number of benzene rings is 1. The summed E-state index contributed by atoms with van der Waals surface area (Å²) < 4.78 is 0. The van der Waals surface area contributed by atoms with Gasteiger partial charge in [-0.3, -0.25) is 9.78 Å². The zero-order valence-corrected chi connectivity index (χ0v) is 12.3. The predicted octanol–water partition coefficient (Wildman–Crippen LogP) is 3.04. The van der Waals surface area contributed by atoms with Gasteiger partial charge in [-0.25, -0.2) is 4.98 Å². The minimum absolute atomic E-state index is 0.0152. The van der Waals surface area contributed by atoms with Crippen LogP contribution in [-0.2, 0) is 11.5 Å². The molecule has 0 fully saturated rings. The Morgan fingerprint density at radius 3 is 2.95 bits per heavy atom. The molecule has 0 atom stereocenters. The molecule has 5 heteroatoms. The number of pyridine rings is 1. The molecule has 0 unspecified atom stereocenters. The Balaban J connectivity index is 2.03. The molecule has 1 aromatic carbocycles. The van der Waals surface area contributed by atoms with Crippen molar-refractivity contribution in [3.63, 3.8) is 0 Å². The van der Waals surface area contributed by atoms with Crippen LogP contribution in [0.5, 0.6) is 0 Å². The van der Waals surface area contributed by atoms with Crippen LogP contribution in [0.4, 0.5) is 0 Å². The van der Waals surface area contributed by atoms with Crippen molar-refractivity contribution in [3.8, 4) is 11.4 Å². The van der Waals surface area contributed by atoms with Crippen molar-refractivity contribution in [2.45, 2.75) is 18.4 Å². The van der Waals surface area contributed by atoms with Crippen LogP contribution in [0.25, 0.3) is 22.3 Å². The highest BCUT2D eigenvalue weighted by Crippen LogP contribution is 2.29. The van der Waals surface area contributed by atoms with Crippen molar-refractivity contribution in [2.24, 2.45) is 0 Å². The maximum absolute atomic E-state index is 12.2. The van der Waals surface area contributed by atoms with Crippen molar-refractivity contribution < 1.29 is 0 Å². The van der Waals surface area contributed by atoms with Crippen molar-refractivity contribution in [3.05, 3.63) is 57.6 Å². The first-order valence-corrected chi connectivity index (χ1v) is 7.94. The minimum atomic E-state index is -0.0152. The summed E-state index contributed by atoms with van der Waals surface area (Å²) >= 11 is 1.73. The number of nitrogens with zero attached hydrogens (tertiary/aromatic N) is 2. The maximum Gasteiger partial charge on any atom is 0.255 e. The normalized spacial score (nSPS) is 13.6. The quantitative estimate of drug-likeness (QED) is 0.749. The van der Waals surface area contributed by atoms with E-state index in [1.807, 2.05) is 37.3 Å². The highest BCUT2D eigenvalue weighted by Gasteiger charge is 2.19. The van der Waals surface area contributed by atoms with E-state index in [-0.39, 0.29) is 5.56 Å². The second-order valence-corrected chi connectivity index (χ2v) is 6.15. The molecule has 0 bridgehead atoms. The van der Waals surface area contributed by atoms with Crippen LogP contribution in [0.3, 0.4) is 0 Å². The fourth-order valence-electron chi connectivity index (χ4n) is 2.69. The number of thioether (sulfide) groups is 1. The summed E-state index contributed by atoms with van der Waals surface area (Å²) in [5, 5.41) is 1.01. The van der Waals surface area contributed by atoms with Crippen molar-refractivity contribution in [1.29, 1.82) is 0 Å². The Bertz CT molecular complexity index is 917. The lowest BCUT2D eigenvalue weighted by atomic mass is 10.1. The van der Waals surface area contributed by atoms with Gasteiger partial charge in [0.15, 0.2) is 0 Å². The van der Waals surface area contributed by atoms with Crippen LogP contribution in [0.15, 0.2) is 35.1 Å². The highest BCUT2D eigenvalue weighted by molar-refractivity contribution is 7.98. The number of rotatable bonds is 1. The average molecular weight is 295 g/mol. The molecule has 0 aliphatic carbocycles. The third-order valence-corrected chi connectivity index (χ3v) is 4.66. The molecule has 1 aliphatic heterocycles. The Kier molecular flexibility index (Phi) is 2.82. The van der Waals surface area contributed by atoms with E-state index in [2.05, 4.69) is 15.0 Å². The Morgan fingerprint density at radius 2 is 2.05 bits per heavy atom. The molecule has 1 aliphatic rings. The van der Waals surface area contributed by atoms with Crippen LogP contribution in [-0.4, -0.2) is 15.0 Å². The van der Waals surface area contributed by atoms with Crippen molar-refractivity contribution >= 4 is 22.7 Å². The number of H-pyrrole nitrogens is 1. The standard InChI is InChI=1S/C16H13N3OS/c1-9-6-11(10-4-2-3-5-13(10)17-9)15-18-14-8-21-7-12(14)16(20)19-15/h2-6H,7-8H2,1H3,(H,18,19,20). The lowest BCUT2D eigenvalue weighted by Crippen LogP contribution is -2.15. The Labute approximate surface area is 125 Å². The fourth-order valence-corrected chi connectivity index (χ4v) is 3.73. The zero-order valence-electron chi connectivity index (χ0n) is 11.5. The number of fused-ring (bicyclic) bond motifs is 2. The van der Waals surface area contributed by atoms with Crippen molar-refractivity contribution in [1.82, 2.24) is 15.0 Å². The van der Waals surface area contributed by atoms with E-state index in [0.717, 1.165) is 44.9 Å². The van der Waals surface area contributed by atoms with E-state index in [4.69, 9.17) is 0 Å². The second kappa shape index (κ2) is 4.70. The monoisotopic (exact) mass is 295 g/mol. The van der Waals surface area contributed by atoms with E-state index >= 15 is 0 Å². The molecule has 3 heterocycles. The SMILES string of the molecule is Cc1cc(-c2nc3c(c(=O)[nH]2)CSC3)c2ccccc2n1. The van der Waals surface area contributed by atoms with Gasteiger partial charge in [0, 0.05) is 33.7 Å². The molecule has 0 radical (unpaired) electrons. The number of nitrogens with one attached hydrogen (secondary N) is 1. The smallest absolute Gasteiger partial charge is 0.255 e. The number of aromatic amines is 1. The number of hydrogen-bond acceptors (Lipinski definition) is 4. The third kappa shape index (κ3) is 2.05. The summed E-state index contributed by atoms with van der Waals surface area (Å²) in [6.45, 7) is 1.96. The van der Waals surface area contributed by atoms with E-state index in [0.29, 0.717) is 5.82 Å². The molecule has 1 N–H and O–H groups in total. The van der Waals surface area contributed by atoms with Crippen LogP contribution in [0.1, 0.15) is 17.0 Å². The van der Waals surface area contributed by atoms with E-state index < -0.39 is 0 Å². The highest BCUT2D eigenvalue weighted by atomic mass is 32.2. The van der Waals surface area contributed by atoms with E-state index in [9.17, 15) is 4.79 Å². The Morgan fingerprint density at radius 1 is 1.19 bits per heavy atom. The molecule has 2 aromatic heterocycles. The lowest BCUT2D eigenvalue weighted by molar-refractivity contribution is 1.03. The van der Waals surface area contributed by atoms with Gasteiger partial charge in [-0.1, -0.05) is 18.2 Å². The van der Waals surface area contributed by atoms with Gasteiger partial charge in [0.25, 0.3) is 5.56 Å². The van der Waals surface area contributed by atoms with Gasteiger partial charge in [-0.2, -0.15) is 11.8 Å². The molecule has 0 spiro atoms. The molecule has 0 amide bonds. The molecule has 0 saturated carbocycles. The summed E-state index contributed by atoms with van der Waals surface area (Å²) in [5.41, 5.74) is 4.50. The number of aryl methyl sites for hydroxylation is 1. The molecule has 21 heavy (non-hydrogen) atoms. The summed E-state index contributed by atoms with van der Waals surface area (Å²) in [6, 6.07) is 9.92. The van der Waals surface area contributed by atoms with Gasteiger partial charge >= 0.3 is 0 Å². The molecular formula is C16H13N3OS. The van der Waals surface area contributed by atoms with Gasteiger partial charge in [0.05, 0.1) is 11.2 Å². The van der Waals surface area contributed by atoms with E-state index in [1.54, 1.807) is 11.8 Å². The molecule has 4 rings (SSSR count). The second-order valence-electron chi connectivity index (χ2n) is 5.16. The van der Waals surface area contributed by atoms with Crippen LogP contribution in [0, 0.1) is 6.92 Å². The lowest BCUT2D eigenvalue weighted by Gasteiger charge is -2.08. The zero-order chi connectivity index (χ0) is 14.4. The first-order valence-electron chi connectivity index (χ1n) is 6.79. The minimum Gasteiger partial charge on any atom is -0.306 e. The van der Waals surface area contributed by atoms with Gasteiger partial charge in [-0.15, -0.1) is 0 Å². The van der Waals surface area contributed by atoms with Gasteiger partial charge in [0.2, 0.25) is 0 Å². The number of aromatic nitrogens is 3. The number of para-hydroxylation sites is 1. The Hall–Kier alpha value is -2.14. The first kappa shape index (κ1) is 12.6. The molecule has 0 saturated heterocycles. The summed E-state index contributed by atoms with van der Waals surface area (Å²) in [4.78, 5) is 24.3.